The van der Waals surface area contributed by atoms with E-state index in [1.54, 1.807) is 25.1 Å². The van der Waals surface area contributed by atoms with Gasteiger partial charge in [0.15, 0.2) is 11.5 Å². The molecule has 0 saturated carbocycles. The minimum atomic E-state index is -0.679. The quantitative estimate of drug-likeness (QED) is 0.758. The van der Waals surface area contributed by atoms with Crippen LogP contribution in [0.25, 0.3) is 0 Å². The van der Waals surface area contributed by atoms with E-state index in [0.29, 0.717) is 38.5 Å². The Bertz CT molecular complexity index is 1040. The van der Waals surface area contributed by atoms with E-state index in [0.717, 1.165) is 0 Å². The van der Waals surface area contributed by atoms with E-state index >= 15 is 0 Å². The number of aromatic amines is 1. The van der Waals surface area contributed by atoms with Gasteiger partial charge in [0.1, 0.15) is 17.4 Å². The molecule has 0 spiro atoms. The maximum Gasteiger partial charge on any atom is 0.256 e. The van der Waals surface area contributed by atoms with E-state index in [9.17, 15) is 10.1 Å². The summed E-state index contributed by atoms with van der Waals surface area (Å²) in [5, 5.41) is 9.60. The summed E-state index contributed by atoms with van der Waals surface area (Å²) in [6.45, 7) is 1.87. The second-order valence-electron chi connectivity index (χ2n) is 5.71. The number of ether oxygens (including phenoxy) is 3. The minimum absolute atomic E-state index is 0.0189. The summed E-state index contributed by atoms with van der Waals surface area (Å²) < 4.78 is 17.0. The molecule has 7 nitrogen and oxygen atoms in total. The van der Waals surface area contributed by atoms with Crippen LogP contribution in [0.1, 0.15) is 22.7 Å². The number of halogens is 1. The lowest BCUT2D eigenvalue weighted by Gasteiger charge is -2.26. The number of nitrogens with one attached hydrogen (secondary N) is 1. The average Bonchev–Trinajstić information content (AvgIpc) is 2.99. The van der Waals surface area contributed by atoms with Gasteiger partial charge in [-0.2, -0.15) is 5.26 Å². The molecule has 1 atom stereocenters. The third-order valence-electron chi connectivity index (χ3n) is 4.15. The number of hydrogen-bond donors (Lipinski definition) is 2. The molecule has 25 heavy (non-hydrogen) atoms. The molecule has 0 fully saturated rings. The molecule has 0 aliphatic carbocycles. The standard InChI is InChI=1S/C17H12BrN3O4/c1-7-2-13-15(17(22)21-7)14(9(5-19)16(20)25-13)8-3-11-12(4-10(8)18)24-6-23-11/h2-4,14H,6,20H2,1H3,(H,21,22)/t14-/m1/s1. The highest BCUT2D eigenvalue weighted by molar-refractivity contribution is 9.10. The van der Waals surface area contributed by atoms with E-state index in [1.165, 1.54) is 0 Å². The lowest BCUT2D eigenvalue weighted by molar-refractivity contribution is 0.174. The van der Waals surface area contributed by atoms with Crippen molar-refractivity contribution in [2.24, 2.45) is 5.73 Å². The Morgan fingerprint density at radius 1 is 1.28 bits per heavy atom. The molecule has 1 aromatic heterocycles. The van der Waals surface area contributed by atoms with Crippen molar-refractivity contribution >= 4 is 15.9 Å². The highest BCUT2D eigenvalue weighted by atomic mass is 79.9. The zero-order valence-corrected chi connectivity index (χ0v) is 14.6. The number of aryl methyl sites for hydroxylation is 1. The van der Waals surface area contributed by atoms with Crippen molar-refractivity contribution in [3.05, 3.63) is 61.3 Å². The normalized spacial score (nSPS) is 17.7. The van der Waals surface area contributed by atoms with Crippen molar-refractivity contribution in [3.63, 3.8) is 0 Å². The van der Waals surface area contributed by atoms with Crippen molar-refractivity contribution in [3.8, 4) is 23.3 Å². The van der Waals surface area contributed by atoms with Gasteiger partial charge in [0.2, 0.25) is 12.7 Å². The van der Waals surface area contributed by atoms with Gasteiger partial charge < -0.3 is 24.9 Å². The summed E-state index contributed by atoms with van der Waals surface area (Å²) in [6.07, 6.45) is 0. The van der Waals surface area contributed by atoms with Crippen molar-refractivity contribution in [2.45, 2.75) is 12.8 Å². The smallest absolute Gasteiger partial charge is 0.256 e. The molecule has 0 amide bonds. The lowest BCUT2D eigenvalue weighted by atomic mass is 9.84. The van der Waals surface area contributed by atoms with Crippen LogP contribution in [0.15, 0.2) is 38.9 Å². The maximum atomic E-state index is 12.6. The Kier molecular flexibility index (Phi) is 3.47. The van der Waals surface area contributed by atoms with E-state index in [4.69, 9.17) is 19.9 Å². The van der Waals surface area contributed by atoms with Crippen LogP contribution in [0.2, 0.25) is 0 Å². The third-order valence-corrected chi connectivity index (χ3v) is 4.84. The Labute approximate surface area is 150 Å². The Morgan fingerprint density at radius 2 is 2.00 bits per heavy atom. The zero-order chi connectivity index (χ0) is 17.7. The van der Waals surface area contributed by atoms with Crippen LogP contribution in [-0.4, -0.2) is 11.8 Å². The molecule has 126 valence electrons. The van der Waals surface area contributed by atoms with Crippen LogP contribution in [0.4, 0.5) is 0 Å². The number of nitriles is 1. The molecule has 4 rings (SSSR count). The fourth-order valence-electron chi connectivity index (χ4n) is 3.07. The third kappa shape index (κ3) is 2.36. The summed E-state index contributed by atoms with van der Waals surface area (Å²) in [5.74, 6) is 0.783. The van der Waals surface area contributed by atoms with Crippen LogP contribution in [0, 0.1) is 18.3 Å². The van der Waals surface area contributed by atoms with E-state index in [-0.39, 0.29) is 23.8 Å². The number of H-pyrrole nitrogens is 1. The first-order valence-corrected chi connectivity index (χ1v) is 8.19. The predicted molar refractivity (Wildman–Crippen MR) is 91.4 cm³/mol. The largest absolute Gasteiger partial charge is 0.454 e. The first-order valence-electron chi connectivity index (χ1n) is 7.40. The first kappa shape index (κ1) is 15.6. The highest BCUT2D eigenvalue weighted by Gasteiger charge is 2.35. The predicted octanol–water partition coefficient (Wildman–Crippen LogP) is 2.39. The summed E-state index contributed by atoms with van der Waals surface area (Å²) in [5.41, 5.74) is 7.42. The van der Waals surface area contributed by atoms with Crippen molar-refractivity contribution in [1.29, 1.82) is 5.26 Å². The van der Waals surface area contributed by atoms with Gasteiger partial charge in [0, 0.05) is 16.2 Å². The average molecular weight is 402 g/mol. The van der Waals surface area contributed by atoms with E-state index in [2.05, 4.69) is 27.0 Å². The molecule has 1 aromatic carbocycles. The van der Waals surface area contributed by atoms with Gasteiger partial charge in [-0.25, -0.2) is 0 Å². The van der Waals surface area contributed by atoms with Crippen molar-refractivity contribution in [1.82, 2.24) is 4.98 Å². The molecule has 3 heterocycles. The number of pyridine rings is 1. The van der Waals surface area contributed by atoms with Gasteiger partial charge in [-0.3, -0.25) is 4.79 Å². The molecule has 2 aliphatic rings. The van der Waals surface area contributed by atoms with Gasteiger partial charge in [-0.1, -0.05) is 15.9 Å². The van der Waals surface area contributed by atoms with Crippen LogP contribution in [-0.2, 0) is 0 Å². The number of rotatable bonds is 1. The zero-order valence-electron chi connectivity index (χ0n) is 13.1. The van der Waals surface area contributed by atoms with Gasteiger partial charge in [-0.15, -0.1) is 0 Å². The summed E-state index contributed by atoms with van der Waals surface area (Å²) in [6, 6.07) is 7.25. The number of allylic oxidation sites excluding steroid dienone is 1. The molecular formula is C17H12BrN3O4. The summed E-state index contributed by atoms with van der Waals surface area (Å²) in [4.78, 5) is 15.4. The Morgan fingerprint density at radius 3 is 2.72 bits per heavy atom. The van der Waals surface area contributed by atoms with Crippen LogP contribution in [0.3, 0.4) is 0 Å². The number of fused-ring (bicyclic) bond motifs is 2. The van der Waals surface area contributed by atoms with E-state index < -0.39 is 5.92 Å². The number of nitrogens with zero attached hydrogens (tertiary/aromatic N) is 1. The van der Waals surface area contributed by atoms with Crippen LogP contribution < -0.4 is 25.5 Å². The maximum absolute atomic E-state index is 12.6. The van der Waals surface area contributed by atoms with Gasteiger partial charge >= 0.3 is 0 Å². The fraction of sp³-hybridized carbons (Fsp3) is 0.176. The highest BCUT2D eigenvalue weighted by Crippen LogP contribution is 2.46. The number of aromatic nitrogens is 1. The topological polar surface area (TPSA) is 110 Å². The molecule has 8 heteroatoms. The number of hydrogen-bond acceptors (Lipinski definition) is 6. The minimum Gasteiger partial charge on any atom is -0.454 e. The summed E-state index contributed by atoms with van der Waals surface area (Å²) >= 11 is 3.49. The monoisotopic (exact) mass is 401 g/mol. The molecule has 2 aromatic rings. The second kappa shape index (κ2) is 5.57. The Hall–Kier alpha value is -2.92. The van der Waals surface area contributed by atoms with Crippen molar-refractivity contribution < 1.29 is 14.2 Å². The molecule has 0 radical (unpaired) electrons. The van der Waals surface area contributed by atoms with E-state index in [1.807, 2.05) is 0 Å². The number of benzene rings is 1. The van der Waals surface area contributed by atoms with Gasteiger partial charge in [0.25, 0.3) is 5.56 Å². The second-order valence-corrected chi connectivity index (χ2v) is 6.57. The van der Waals surface area contributed by atoms with Crippen LogP contribution >= 0.6 is 15.9 Å². The van der Waals surface area contributed by atoms with Crippen molar-refractivity contribution in [2.75, 3.05) is 6.79 Å². The Balaban J connectivity index is 2.01. The van der Waals surface area contributed by atoms with Gasteiger partial charge in [-0.05, 0) is 24.6 Å². The molecule has 2 aliphatic heterocycles. The lowest BCUT2D eigenvalue weighted by Crippen LogP contribution is -2.28. The molecule has 3 N–H and O–H groups in total. The SMILES string of the molecule is Cc1cc2c(c(=O)[nH]1)[C@H](c1cc3c(cc1Br)OCO3)C(C#N)=C(N)O2. The summed E-state index contributed by atoms with van der Waals surface area (Å²) in [7, 11) is 0. The molecular weight excluding hydrogens is 390 g/mol. The van der Waals surface area contributed by atoms with Crippen LogP contribution in [0.5, 0.6) is 17.2 Å². The fourth-order valence-corrected chi connectivity index (χ4v) is 3.62. The van der Waals surface area contributed by atoms with Gasteiger partial charge in [0.05, 0.1) is 11.5 Å². The molecule has 0 bridgehead atoms. The molecule has 0 unspecified atom stereocenters. The number of nitrogens with two attached hydrogens (primary N) is 1. The molecule has 0 saturated heterocycles. The first-order chi connectivity index (χ1) is 12.0.